The minimum atomic E-state index is -0.371. The second-order valence-corrected chi connectivity index (χ2v) is 5.92. The monoisotopic (exact) mass is 311 g/mol. The molecule has 0 spiro atoms. The Bertz CT molecular complexity index is 698. The largest absolute Gasteiger partial charge is 0.353 e. The highest BCUT2D eigenvalue weighted by Crippen LogP contribution is 2.40. The van der Waals surface area contributed by atoms with Crippen LogP contribution in [0.15, 0.2) is 59.1 Å². The molecule has 22 heavy (non-hydrogen) atoms. The number of nitrogens with zero attached hydrogens (tertiary/aromatic N) is 2. The van der Waals surface area contributed by atoms with Crippen molar-refractivity contribution < 1.29 is 4.79 Å². The van der Waals surface area contributed by atoms with Crippen molar-refractivity contribution in [2.45, 2.75) is 19.8 Å². The number of hydrogen-bond donors (Lipinski definition) is 1. The molecule has 0 aliphatic carbocycles. The molecule has 1 aromatic rings. The van der Waals surface area contributed by atoms with E-state index >= 15 is 0 Å². The van der Waals surface area contributed by atoms with E-state index in [0.29, 0.717) is 16.9 Å². The van der Waals surface area contributed by atoms with Crippen molar-refractivity contribution in [3.05, 3.63) is 64.6 Å². The van der Waals surface area contributed by atoms with Crippen LogP contribution in [0.25, 0.3) is 0 Å². The molecule has 1 unspecified atom stereocenters. The fraction of sp³-hybridized carbons (Fsp3) is 0.235. The van der Waals surface area contributed by atoms with Crippen molar-refractivity contribution in [2.24, 2.45) is 0 Å². The molecule has 0 saturated heterocycles. The van der Waals surface area contributed by atoms with E-state index in [1.54, 1.807) is 18.5 Å². The van der Waals surface area contributed by atoms with Crippen LogP contribution in [0.5, 0.6) is 0 Å². The van der Waals surface area contributed by atoms with E-state index in [9.17, 15) is 10.1 Å². The molecular formula is C17H17N3OS. The fourth-order valence-electron chi connectivity index (χ4n) is 2.52. The van der Waals surface area contributed by atoms with Crippen LogP contribution >= 0.6 is 11.8 Å². The van der Waals surface area contributed by atoms with E-state index in [4.69, 9.17) is 0 Å². The van der Waals surface area contributed by atoms with Gasteiger partial charge in [0.15, 0.2) is 5.78 Å². The molecule has 2 heterocycles. The van der Waals surface area contributed by atoms with E-state index in [2.05, 4.69) is 22.9 Å². The molecule has 0 amide bonds. The third kappa shape index (κ3) is 3.12. The Morgan fingerprint density at radius 3 is 2.95 bits per heavy atom. The first-order valence-corrected chi connectivity index (χ1v) is 7.85. The number of aromatic nitrogens is 1. The van der Waals surface area contributed by atoms with Gasteiger partial charge in [0.1, 0.15) is 0 Å². The summed E-state index contributed by atoms with van der Waals surface area (Å²) in [5, 5.41) is 13.6. The lowest BCUT2D eigenvalue weighted by Crippen LogP contribution is -2.27. The SMILES string of the molecule is C=CCSC1=C(C#N)C(c2cccnc2)C(C(C)=O)=C(C)N1. The fourth-order valence-corrected chi connectivity index (χ4v) is 3.34. The van der Waals surface area contributed by atoms with Crippen molar-refractivity contribution in [3.63, 3.8) is 0 Å². The summed E-state index contributed by atoms with van der Waals surface area (Å²) in [5.41, 5.74) is 2.80. The van der Waals surface area contributed by atoms with E-state index < -0.39 is 0 Å². The van der Waals surface area contributed by atoms with Crippen molar-refractivity contribution >= 4 is 17.5 Å². The van der Waals surface area contributed by atoms with Gasteiger partial charge in [-0.3, -0.25) is 9.78 Å². The number of nitrogens with one attached hydrogen (secondary N) is 1. The number of pyridine rings is 1. The number of carbonyl (C=O) groups is 1. The van der Waals surface area contributed by atoms with Crippen LogP contribution in [-0.4, -0.2) is 16.5 Å². The van der Waals surface area contributed by atoms with Gasteiger partial charge in [0.05, 0.1) is 22.6 Å². The second-order valence-electron chi connectivity index (χ2n) is 4.89. The zero-order chi connectivity index (χ0) is 16.1. The number of Topliss-reactive ketones (excluding diaryl/α,β-unsaturated/α-hetero) is 1. The quantitative estimate of drug-likeness (QED) is 0.845. The molecule has 1 N–H and O–H groups in total. The number of thioether (sulfide) groups is 1. The summed E-state index contributed by atoms with van der Waals surface area (Å²) in [6.07, 6.45) is 5.17. The summed E-state index contributed by atoms with van der Waals surface area (Å²) in [5.74, 6) is 0.278. The first-order valence-electron chi connectivity index (χ1n) is 6.86. The molecule has 0 saturated carbocycles. The Hall–Kier alpha value is -2.32. The van der Waals surface area contributed by atoms with Crippen molar-refractivity contribution in [1.29, 1.82) is 5.26 Å². The average molecular weight is 311 g/mol. The lowest BCUT2D eigenvalue weighted by molar-refractivity contribution is -0.113. The van der Waals surface area contributed by atoms with Gasteiger partial charge in [-0.25, -0.2) is 0 Å². The molecule has 1 aliphatic heterocycles. The molecular weight excluding hydrogens is 294 g/mol. The maximum atomic E-state index is 12.1. The number of allylic oxidation sites excluding steroid dienone is 3. The third-order valence-electron chi connectivity index (χ3n) is 3.39. The molecule has 0 radical (unpaired) electrons. The predicted molar refractivity (Wildman–Crippen MR) is 88.8 cm³/mol. The Labute approximate surface area is 134 Å². The summed E-state index contributed by atoms with van der Waals surface area (Å²) < 4.78 is 0. The minimum absolute atomic E-state index is 0.0422. The Morgan fingerprint density at radius 2 is 2.41 bits per heavy atom. The minimum Gasteiger partial charge on any atom is -0.353 e. The number of rotatable bonds is 5. The molecule has 0 fully saturated rings. The predicted octanol–water partition coefficient (Wildman–Crippen LogP) is 3.29. The molecule has 4 nitrogen and oxygen atoms in total. The first-order chi connectivity index (χ1) is 10.6. The molecule has 1 aliphatic rings. The van der Waals surface area contributed by atoms with Gasteiger partial charge in [0.25, 0.3) is 0 Å². The number of dihydropyridines is 1. The molecule has 1 atom stereocenters. The van der Waals surface area contributed by atoms with Crippen LogP contribution in [0, 0.1) is 11.3 Å². The summed E-state index contributed by atoms with van der Waals surface area (Å²) in [6, 6.07) is 5.98. The number of nitriles is 1. The van der Waals surface area contributed by atoms with Crippen LogP contribution in [-0.2, 0) is 4.79 Å². The summed E-state index contributed by atoms with van der Waals surface area (Å²) in [7, 11) is 0. The lowest BCUT2D eigenvalue weighted by Gasteiger charge is -2.29. The Kier molecular flexibility index (Phi) is 5.18. The summed E-state index contributed by atoms with van der Waals surface area (Å²) >= 11 is 1.51. The Morgan fingerprint density at radius 1 is 1.64 bits per heavy atom. The molecule has 2 rings (SSSR count). The van der Waals surface area contributed by atoms with Crippen molar-refractivity contribution in [1.82, 2.24) is 10.3 Å². The van der Waals surface area contributed by atoms with Gasteiger partial charge >= 0.3 is 0 Å². The van der Waals surface area contributed by atoms with Gasteiger partial charge in [-0.05, 0) is 25.5 Å². The highest BCUT2D eigenvalue weighted by Gasteiger charge is 2.32. The van der Waals surface area contributed by atoms with Gasteiger partial charge < -0.3 is 5.32 Å². The molecule has 5 heteroatoms. The van der Waals surface area contributed by atoms with Crippen molar-refractivity contribution in [3.8, 4) is 6.07 Å². The second kappa shape index (κ2) is 7.10. The zero-order valence-corrected chi connectivity index (χ0v) is 13.4. The number of carbonyl (C=O) groups excluding carboxylic acids is 1. The van der Waals surface area contributed by atoms with E-state index in [1.807, 2.05) is 19.1 Å². The zero-order valence-electron chi connectivity index (χ0n) is 12.6. The highest BCUT2D eigenvalue weighted by atomic mass is 32.2. The lowest BCUT2D eigenvalue weighted by atomic mass is 9.81. The van der Waals surface area contributed by atoms with E-state index in [-0.39, 0.29) is 11.7 Å². The van der Waals surface area contributed by atoms with Gasteiger partial charge in [-0.15, -0.1) is 18.3 Å². The summed E-state index contributed by atoms with van der Waals surface area (Å²) in [4.78, 5) is 16.2. The highest BCUT2D eigenvalue weighted by molar-refractivity contribution is 8.03. The maximum absolute atomic E-state index is 12.1. The molecule has 0 aromatic carbocycles. The molecule has 1 aromatic heterocycles. The van der Waals surface area contributed by atoms with E-state index in [1.165, 1.54) is 18.7 Å². The maximum Gasteiger partial charge on any atom is 0.158 e. The van der Waals surface area contributed by atoms with Crippen LogP contribution in [0.4, 0.5) is 0 Å². The van der Waals surface area contributed by atoms with Crippen LogP contribution in [0.2, 0.25) is 0 Å². The Balaban J connectivity index is 2.59. The third-order valence-corrected chi connectivity index (χ3v) is 4.40. The van der Waals surface area contributed by atoms with Crippen LogP contribution in [0.1, 0.15) is 25.3 Å². The van der Waals surface area contributed by atoms with Crippen LogP contribution in [0.3, 0.4) is 0 Å². The van der Waals surface area contributed by atoms with Gasteiger partial charge in [0, 0.05) is 29.4 Å². The first kappa shape index (κ1) is 16.1. The number of ketones is 1. The smallest absolute Gasteiger partial charge is 0.158 e. The van der Waals surface area contributed by atoms with E-state index in [0.717, 1.165) is 16.3 Å². The average Bonchev–Trinajstić information content (AvgIpc) is 2.52. The topological polar surface area (TPSA) is 65.8 Å². The molecule has 112 valence electrons. The van der Waals surface area contributed by atoms with Gasteiger partial charge in [-0.2, -0.15) is 5.26 Å². The molecule has 0 bridgehead atoms. The van der Waals surface area contributed by atoms with Crippen molar-refractivity contribution in [2.75, 3.05) is 5.75 Å². The number of hydrogen-bond acceptors (Lipinski definition) is 5. The van der Waals surface area contributed by atoms with Gasteiger partial charge in [-0.1, -0.05) is 12.1 Å². The normalized spacial score (nSPS) is 17.8. The van der Waals surface area contributed by atoms with Crippen LogP contribution < -0.4 is 5.32 Å². The van der Waals surface area contributed by atoms with Gasteiger partial charge in [0.2, 0.25) is 0 Å². The standard InChI is InChI=1S/C17H17N3OS/c1-4-8-22-17-14(9-18)16(13-6-5-7-19-10-13)15(12(3)21)11(2)20-17/h4-7,10,16,20H,1,8H2,2-3H3. The summed E-state index contributed by atoms with van der Waals surface area (Å²) in [6.45, 7) is 7.10.